The lowest BCUT2D eigenvalue weighted by atomic mass is 10.1. The Balaban J connectivity index is 2.34. The van der Waals surface area contributed by atoms with Gasteiger partial charge in [0.2, 0.25) is 0 Å². The summed E-state index contributed by atoms with van der Waals surface area (Å²) < 4.78 is 38.4. The molecule has 1 rings (SSSR count). The van der Waals surface area contributed by atoms with E-state index in [9.17, 15) is 24.2 Å². The van der Waals surface area contributed by atoms with E-state index in [1.807, 2.05) is 0 Å². The first-order chi connectivity index (χ1) is 27.2. The molecule has 1 aliphatic rings. The number of epoxide rings is 1. The van der Waals surface area contributed by atoms with E-state index >= 15 is 0 Å². The Morgan fingerprint density at radius 1 is 0.661 bits per heavy atom. The molecule has 0 aromatic heterocycles. The lowest BCUT2D eigenvalue weighted by Gasteiger charge is -2.20. The Bertz CT molecular complexity index is 1230. The van der Waals surface area contributed by atoms with Gasteiger partial charge >= 0.3 is 19.8 Å². The zero-order chi connectivity index (χ0) is 41.0. The largest absolute Gasteiger partial charge is 0.472 e. The number of ether oxygens (including phenoxy) is 3. The maximum atomic E-state index is 12.7. The highest BCUT2D eigenvalue weighted by Crippen LogP contribution is 2.43. The summed E-state index contributed by atoms with van der Waals surface area (Å²) in [5, 5.41) is 18.3. The molecule has 0 spiro atoms. The van der Waals surface area contributed by atoms with Crippen molar-refractivity contribution in [1.82, 2.24) is 0 Å². The number of aliphatic hydroxyl groups is 2. The average Bonchev–Trinajstić information content (AvgIpc) is 3.94. The number of hydrogen-bond acceptors (Lipinski definition) is 10. The van der Waals surface area contributed by atoms with Crippen LogP contribution in [0.15, 0.2) is 72.9 Å². The van der Waals surface area contributed by atoms with Crippen LogP contribution >= 0.6 is 7.82 Å². The van der Waals surface area contributed by atoms with Crippen LogP contribution in [-0.2, 0) is 37.4 Å². The van der Waals surface area contributed by atoms with Crippen molar-refractivity contribution in [1.29, 1.82) is 0 Å². The van der Waals surface area contributed by atoms with Gasteiger partial charge in [-0.15, -0.1) is 0 Å². The Labute approximate surface area is 337 Å². The van der Waals surface area contributed by atoms with Gasteiger partial charge in [-0.05, 0) is 83.5 Å². The van der Waals surface area contributed by atoms with Crippen LogP contribution in [0.25, 0.3) is 0 Å². The van der Waals surface area contributed by atoms with Gasteiger partial charge in [-0.3, -0.25) is 18.6 Å². The van der Waals surface area contributed by atoms with E-state index in [1.54, 1.807) is 0 Å². The minimum atomic E-state index is -4.65. The second-order valence-corrected chi connectivity index (χ2v) is 15.5. The van der Waals surface area contributed by atoms with Crippen molar-refractivity contribution >= 4 is 19.8 Å². The van der Waals surface area contributed by atoms with E-state index in [1.165, 1.54) is 19.3 Å². The van der Waals surface area contributed by atoms with Crippen molar-refractivity contribution in [3.8, 4) is 0 Å². The Morgan fingerprint density at radius 3 is 1.86 bits per heavy atom. The summed E-state index contributed by atoms with van der Waals surface area (Å²) in [6, 6.07) is 0. The van der Waals surface area contributed by atoms with E-state index in [-0.39, 0.29) is 31.7 Å². The minimum absolute atomic E-state index is 0.0834. The van der Waals surface area contributed by atoms with Crippen LogP contribution in [0.3, 0.4) is 0 Å². The second kappa shape index (κ2) is 35.5. The molecule has 320 valence electrons. The first-order valence-electron chi connectivity index (χ1n) is 21.0. The van der Waals surface area contributed by atoms with Gasteiger partial charge in [0, 0.05) is 12.8 Å². The molecule has 0 aromatic rings. The fraction of sp³-hybridized carbons (Fsp3) is 0.682. The number of phosphoric ester groups is 1. The molecule has 1 saturated heterocycles. The lowest BCUT2D eigenvalue weighted by molar-refractivity contribution is -0.161. The summed E-state index contributed by atoms with van der Waals surface area (Å²) in [5.74, 6) is -1.03. The molecular formula is C44H73O11P. The smallest absolute Gasteiger partial charge is 0.462 e. The average molecular weight is 809 g/mol. The topological polar surface area (TPSA) is 161 Å². The number of hydrogen-bond donors (Lipinski definition) is 3. The highest BCUT2D eigenvalue weighted by molar-refractivity contribution is 7.47. The standard InChI is InChI=1S/C44H73O11P/c1-3-5-7-9-11-13-15-17-18-19-21-23-25-27-29-33-43(47)51-37-40(38-53-56(49,50)52-36-39(46)35-45)54-44(48)34-30-32-42-41(55-42)31-28-26-24-22-20-16-14-12-10-8-6-4-2/h5,7,11-14,17-18,20,22,26,28,39-42,45-46H,3-4,6,8-10,15-16,19,21,23-25,27,29-38H2,1-2H3,(H,49,50)/b7-5-,13-11-,14-12-,18-17-,22-20-,28-26-/t39-,40+,41?,42?/m0/s1. The monoisotopic (exact) mass is 808 g/mol. The molecule has 11 nitrogen and oxygen atoms in total. The summed E-state index contributed by atoms with van der Waals surface area (Å²) in [4.78, 5) is 35.1. The van der Waals surface area contributed by atoms with E-state index in [2.05, 4.69) is 91.3 Å². The number of allylic oxidation sites excluding steroid dienone is 11. The maximum Gasteiger partial charge on any atom is 0.472 e. The fourth-order valence-corrected chi connectivity index (χ4v) is 6.24. The predicted octanol–water partition coefficient (Wildman–Crippen LogP) is 9.87. The van der Waals surface area contributed by atoms with Crippen LogP contribution in [-0.4, -0.2) is 77.9 Å². The number of phosphoric acid groups is 1. The molecule has 5 atom stereocenters. The molecular weight excluding hydrogens is 735 g/mol. The third-order valence-electron chi connectivity index (χ3n) is 8.77. The number of aliphatic hydroxyl groups excluding tert-OH is 2. The first kappa shape index (κ1) is 51.4. The van der Waals surface area contributed by atoms with Crippen LogP contribution < -0.4 is 0 Å². The van der Waals surface area contributed by atoms with Crippen LogP contribution in [0.4, 0.5) is 0 Å². The molecule has 0 amide bonds. The Morgan fingerprint density at radius 2 is 1.21 bits per heavy atom. The molecule has 3 unspecified atom stereocenters. The Hall–Kier alpha value is -2.63. The van der Waals surface area contributed by atoms with E-state index in [4.69, 9.17) is 23.8 Å². The van der Waals surface area contributed by atoms with Crippen molar-refractivity contribution in [3.05, 3.63) is 72.9 Å². The summed E-state index contributed by atoms with van der Waals surface area (Å²) in [6.07, 6.45) is 41.7. The maximum absolute atomic E-state index is 12.7. The molecule has 0 aromatic carbocycles. The third kappa shape index (κ3) is 32.5. The van der Waals surface area contributed by atoms with Gasteiger partial charge in [0.05, 0.1) is 32.0 Å². The first-order valence-corrected chi connectivity index (χ1v) is 22.5. The van der Waals surface area contributed by atoms with Gasteiger partial charge in [-0.1, -0.05) is 119 Å². The van der Waals surface area contributed by atoms with Crippen molar-refractivity contribution < 1.29 is 52.5 Å². The third-order valence-corrected chi connectivity index (χ3v) is 9.72. The molecule has 56 heavy (non-hydrogen) atoms. The molecule has 1 heterocycles. The highest BCUT2D eigenvalue weighted by atomic mass is 31.2. The molecule has 0 bridgehead atoms. The normalized spacial score (nSPS) is 18.2. The predicted molar refractivity (Wildman–Crippen MR) is 223 cm³/mol. The summed E-state index contributed by atoms with van der Waals surface area (Å²) in [7, 11) is -4.65. The van der Waals surface area contributed by atoms with Crippen molar-refractivity contribution in [2.24, 2.45) is 0 Å². The molecule has 3 N–H and O–H groups in total. The van der Waals surface area contributed by atoms with Gasteiger partial charge in [0.25, 0.3) is 0 Å². The van der Waals surface area contributed by atoms with E-state index < -0.39 is 51.8 Å². The summed E-state index contributed by atoms with van der Waals surface area (Å²) in [5.41, 5.74) is 0. The van der Waals surface area contributed by atoms with Gasteiger partial charge in [-0.2, -0.15) is 0 Å². The fourth-order valence-electron chi connectivity index (χ4n) is 5.45. The zero-order valence-electron chi connectivity index (χ0n) is 34.3. The number of esters is 2. The molecule has 1 aliphatic heterocycles. The SMILES string of the molecule is CC/C=C\C/C=C\C/C=C\CCCCCCCC(=O)OC[C@H](COP(=O)(O)OC[C@@H](O)CO)OC(=O)CCCC1OC1C/C=C\C/C=C\C/C=C\CCCCC. The molecule has 0 aliphatic carbocycles. The molecule has 0 saturated carbocycles. The quantitative estimate of drug-likeness (QED) is 0.0180. The summed E-state index contributed by atoms with van der Waals surface area (Å²) in [6.45, 7) is 2.11. The molecule has 1 fully saturated rings. The van der Waals surface area contributed by atoms with Crippen molar-refractivity contribution in [2.45, 2.75) is 167 Å². The van der Waals surface area contributed by atoms with E-state index in [0.717, 1.165) is 77.0 Å². The van der Waals surface area contributed by atoms with Crippen LogP contribution in [0, 0.1) is 0 Å². The van der Waals surface area contributed by atoms with Gasteiger partial charge in [0.15, 0.2) is 6.10 Å². The van der Waals surface area contributed by atoms with E-state index in [0.29, 0.717) is 19.3 Å². The number of carbonyl (C=O) groups excluding carboxylic acids is 2. The number of carbonyl (C=O) groups is 2. The number of unbranched alkanes of at least 4 members (excludes halogenated alkanes) is 8. The number of rotatable bonds is 37. The Kier molecular flexibility index (Phi) is 32.6. The highest BCUT2D eigenvalue weighted by Gasteiger charge is 2.37. The van der Waals surface area contributed by atoms with Crippen molar-refractivity contribution in [3.63, 3.8) is 0 Å². The zero-order valence-corrected chi connectivity index (χ0v) is 35.2. The summed E-state index contributed by atoms with van der Waals surface area (Å²) >= 11 is 0. The van der Waals surface area contributed by atoms with Crippen molar-refractivity contribution in [2.75, 3.05) is 26.4 Å². The van der Waals surface area contributed by atoms with Gasteiger partial charge in [-0.25, -0.2) is 4.57 Å². The van der Waals surface area contributed by atoms with Crippen LogP contribution in [0.5, 0.6) is 0 Å². The second-order valence-electron chi connectivity index (χ2n) is 14.0. The van der Waals surface area contributed by atoms with Gasteiger partial charge < -0.3 is 29.3 Å². The minimum Gasteiger partial charge on any atom is -0.462 e. The molecule has 0 radical (unpaired) electrons. The van der Waals surface area contributed by atoms with Crippen LogP contribution in [0.1, 0.15) is 142 Å². The van der Waals surface area contributed by atoms with Crippen LogP contribution in [0.2, 0.25) is 0 Å². The molecule has 12 heteroatoms. The lowest BCUT2D eigenvalue weighted by Crippen LogP contribution is -2.30. The van der Waals surface area contributed by atoms with Gasteiger partial charge in [0.1, 0.15) is 12.7 Å².